The van der Waals surface area contributed by atoms with E-state index >= 15 is 0 Å². The summed E-state index contributed by atoms with van der Waals surface area (Å²) in [6, 6.07) is 12.8. The molecule has 1 atom stereocenters. The van der Waals surface area contributed by atoms with Gasteiger partial charge in [-0.3, -0.25) is 14.9 Å². The van der Waals surface area contributed by atoms with E-state index < -0.39 is 0 Å². The maximum absolute atomic E-state index is 13.1. The van der Waals surface area contributed by atoms with Crippen molar-refractivity contribution in [3.63, 3.8) is 0 Å². The summed E-state index contributed by atoms with van der Waals surface area (Å²) in [5.74, 6) is -0.105. The standard InChI is InChI=1S/C21H19FN4O4/c1-29-17-8-2-13(3-9-17)10-18(27)23-21-25-24-20(30-21)14-11-19(28)26(12-14)16-6-4-15(22)5-7-16/h2-9,14H,10-12H2,1H3,(H,23,25,27). The highest BCUT2D eigenvalue weighted by Crippen LogP contribution is 2.31. The quantitative estimate of drug-likeness (QED) is 0.671. The number of methoxy groups -OCH3 is 1. The Morgan fingerprint density at radius 2 is 1.93 bits per heavy atom. The summed E-state index contributed by atoms with van der Waals surface area (Å²) in [5, 5.41) is 10.4. The Bertz CT molecular complexity index is 1050. The van der Waals surface area contributed by atoms with Gasteiger partial charge in [0.05, 0.1) is 19.4 Å². The number of amides is 2. The van der Waals surface area contributed by atoms with Crippen LogP contribution in [0.4, 0.5) is 16.1 Å². The molecule has 154 valence electrons. The minimum atomic E-state index is -0.367. The van der Waals surface area contributed by atoms with Crippen LogP contribution in [0.5, 0.6) is 5.75 Å². The minimum absolute atomic E-state index is 0.0174. The number of hydrogen-bond donors (Lipinski definition) is 1. The van der Waals surface area contributed by atoms with Gasteiger partial charge in [-0.2, -0.15) is 0 Å². The predicted molar refractivity (Wildman–Crippen MR) is 106 cm³/mol. The summed E-state index contributed by atoms with van der Waals surface area (Å²) in [6.45, 7) is 0.339. The lowest BCUT2D eigenvalue weighted by atomic mass is 10.1. The third-order valence-electron chi connectivity index (χ3n) is 4.82. The van der Waals surface area contributed by atoms with Crippen LogP contribution in [0, 0.1) is 5.82 Å². The first-order valence-corrected chi connectivity index (χ1v) is 9.34. The van der Waals surface area contributed by atoms with Gasteiger partial charge in [-0.05, 0) is 42.0 Å². The fraction of sp³-hybridized carbons (Fsp3) is 0.238. The van der Waals surface area contributed by atoms with E-state index in [1.54, 1.807) is 48.4 Å². The zero-order valence-electron chi connectivity index (χ0n) is 16.2. The molecule has 2 amide bonds. The first-order chi connectivity index (χ1) is 14.5. The third-order valence-corrected chi connectivity index (χ3v) is 4.82. The van der Waals surface area contributed by atoms with E-state index in [1.807, 2.05) is 0 Å². The highest BCUT2D eigenvalue weighted by molar-refractivity contribution is 5.96. The van der Waals surface area contributed by atoms with Crippen molar-refractivity contribution in [2.24, 2.45) is 0 Å². The van der Waals surface area contributed by atoms with Crippen LogP contribution in [-0.4, -0.2) is 35.7 Å². The van der Waals surface area contributed by atoms with Gasteiger partial charge in [0, 0.05) is 18.7 Å². The van der Waals surface area contributed by atoms with Crippen LogP contribution in [0.25, 0.3) is 0 Å². The van der Waals surface area contributed by atoms with Gasteiger partial charge in [0.25, 0.3) is 0 Å². The molecule has 9 heteroatoms. The van der Waals surface area contributed by atoms with Crippen LogP contribution in [0.15, 0.2) is 52.9 Å². The Labute approximate surface area is 171 Å². The molecular weight excluding hydrogens is 391 g/mol. The maximum Gasteiger partial charge on any atom is 0.322 e. The molecule has 4 rings (SSSR count). The van der Waals surface area contributed by atoms with E-state index in [4.69, 9.17) is 9.15 Å². The van der Waals surface area contributed by atoms with Gasteiger partial charge in [0.15, 0.2) is 0 Å². The Morgan fingerprint density at radius 1 is 1.20 bits per heavy atom. The highest BCUT2D eigenvalue weighted by atomic mass is 19.1. The van der Waals surface area contributed by atoms with Gasteiger partial charge in [0.2, 0.25) is 17.7 Å². The van der Waals surface area contributed by atoms with Crippen molar-refractivity contribution in [2.45, 2.75) is 18.8 Å². The molecule has 1 unspecified atom stereocenters. The number of nitrogens with zero attached hydrogens (tertiary/aromatic N) is 3. The van der Waals surface area contributed by atoms with Crippen molar-refractivity contribution in [2.75, 3.05) is 23.9 Å². The molecular formula is C21H19FN4O4. The minimum Gasteiger partial charge on any atom is -0.497 e. The van der Waals surface area contributed by atoms with Gasteiger partial charge in [-0.15, -0.1) is 5.10 Å². The van der Waals surface area contributed by atoms with Crippen molar-refractivity contribution < 1.29 is 23.1 Å². The lowest BCUT2D eigenvalue weighted by Crippen LogP contribution is -2.24. The second-order valence-electron chi connectivity index (χ2n) is 6.90. The van der Waals surface area contributed by atoms with Crippen LogP contribution < -0.4 is 15.0 Å². The van der Waals surface area contributed by atoms with Crippen molar-refractivity contribution in [3.05, 3.63) is 65.8 Å². The molecule has 0 spiro atoms. The van der Waals surface area contributed by atoms with Gasteiger partial charge in [0.1, 0.15) is 11.6 Å². The Hall–Kier alpha value is -3.75. The summed E-state index contributed by atoms with van der Waals surface area (Å²) in [4.78, 5) is 26.1. The first-order valence-electron chi connectivity index (χ1n) is 9.34. The van der Waals surface area contributed by atoms with Gasteiger partial charge >= 0.3 is 6.01 Å². The maximum atomic E-state index is 13.1. The molecule has 1 aliphatic heterocycles. The van der Waals surface area contributed by atoms with Crippen LogP contribution in [-0.2, 0) is 16.0 Å². The fourth-order valence-corrected chi connectivity index (χ4v) is 3.29. The summed E-state index contributed by atoms with van der Waals surface area (Å²) >= 11 is 0. The molecule has 0 radical (unpaired) electrons. The second kappa shape index (κ2) is 8.32. The number of halogens is 1. The second-order valence-corrected chi connectivity index (χ2v) is 6.90. The molecule has 1 fully saturated rings. The Morgan fingerprint density at radius 3 is 2.63 bits per heavy atom. The van der Waals surface area contributed by atoms with Crippen molar-refractivity contribution in [1.29, 1.82) is 0 Å². The van der Waals surface area contributed by atoms with E-state index in [-0.39, 0.29) is 48.3 Å². The van der Waals surface area contributed by atoms with Crippen molar-refractivity contribution in [1.82, 2.24) is 10.2 Å². The SMILES string of the molecule is COc1ccc(CC(=O)Nc2nnc(C3CC(=O)N(c4ccc(F)cc4)C3)o2)cc1. The number of carbonyl (C=O) groups excluding carboxylic acids is 2. The molecule has 30 heavy (non-hydrogen) atoms. The number of rotatable bonds is 6. The number of carbonyl (C=O) groups is 2. The number of aromatic nitrogens is 2. The summed E-state index contributed by atoms with van der Waals surface area (Å²) in [6.07, 6.45) is 0.334. The van der Waals surface area contributed by atoms with Crippen LogP contribution in [0.2, 0.25) is 0 Å². The van der Waals surface area contributed by atoms with E-state index in [1.165, 1.54) is 12.1 Å². The third kappa shape index (κ3) is 4.29. The molecule has 0 saturated carbocycles. The molecule has 1 aromatic heterocycles. The van der Waals surface area contributed by atoms with Crippen LogP contribution in [0.1, 0.15) is 23.8 Å². The Kier molecular flexibility index (Phi) is 5.42. The molecule has 8 nitrogen and oxygen atoms in total. The molecule has 2 aromatic carbocycles. The molecule has 3 aromatic rings. The van der Waals surface area contributed by atoms with E-state index in [2.05, 4.69) is 15.5 Å². The van der Waals surface area contributed by atoms with Crippen LogP contribution >= 0.6 is 0 Å². The molecule has 1 aliphatic rings. The summed E-state index contributed by atoms with van der Waals surface area (Å²) < 4.78 is 23.8. The van der Waals surface area contributed by atoms with E-state index in [9.17, 15) is 14.0 Å². The predicted octanol–water partition coefficient (Wildman–Crippen LogP) is 2.92. The van der Waals surface area contributed by atoms with Crippen LogP contribution in [0.3, 0.4) is 0 Å². The van der Waals surface area contributed by atoms with E-state index in [0.717, 1.165) is 5.56 Å². The zero-order valence-corrected chi connectivity index (χ0v) is 16.2. The first kappa shape index (κ1) is 19.6. The molecule has 0 aliphatic carbocycles. The summed E-state index contributed by atoms with van der Waals surface area (Å²) in [7, 11) is 1.58. The van der Waals surface area contributed by atoms with Gasteiger partial charge in [-0.25, -0.2) is 4.39 Å². The largest absolute Gasteiger partial charge is 0.497 e. The molecule has 2 heterocycles. The number of nitrogens with one attached hydrogen (secondary N) is 1. The fourth-order valence-electron chi connectivity index (χ4n) is 3.29. The summed E-state index contributed by atoms with van der Waals surface area (Å²) in [5.41, 5.74) is 1.42. The lowest BCUT2D eigenvalue weighted by molar-refractivity contribution is -0.117. The average molecular weight is 410 g/mol. The van der Waals surface area contributed by atoms with E-state index in [0.29, 0.717) is 18.0 Å². The highest BCUT2D eigenvalue weighted by Gasteiger charge is 2.35. The lowest BCUT2D eigenvalue weighted by Gasteiger charge is -2.15. The molecule has 1 saturated heterocycles. The number of benzene rings is 2. The van der Waals surface area contributed by atoms with Crippen molar-refractivity contribution in [3.8, 4) is 5.75 Å². The van der Waals surface area contributed by atoms with Gasteiger partial charge in [-0.1, -0.05) is 17.2 Å². The Balaban J connectivity index is 1.37. The van der Waals surface area contributed by atoms with Gasteiger partial charge < -0.3 is 14.1 Å². The topological polar surface area (TPSA) is 97.6 Å². The normalized spacial score (nSPS) is 16.0. The zero-order chi connectivity index (χ0) is 21.1. The number of ether oxygens (including phenoxy) is 1. The molecule has 1 N–H and O–H groups in total. The number of anilines is 2. The average Bonchev–Trinajstić information content (AvgIpc) is 3.36. The smallest absolute Gasteiger partial charge is 0.322 e. The number of hydrogen-bond acceptors (Lipinski definition) is 6. The molecule has 0 bridgehead atoms. The van der Waals surface area contributed by atoms with Crippen molar-refractivity contribution >= 4 is 23.5 Å². The monoisotopic (exact) mass is 410 g/mol.